The summed E-state index contributed by atoms with van der Waals surface area (Å²) in [5, 5.41) is 6.76. The van der Waals surface area contributed by atoms with Crippen LogP contribution in [0.2, 0.25) is 0 Å². The van der Waals surface area contributed by atoms with Gasteiger partial charge in [0, 0.05) is 92.0 Å². The molecule has 0 aliphatic carbocycles. The van der Waals surface area contributed by atoms with E-state index in [1.54, 1.807) is 0 Å². The van der Waals surface area contributed by atoms with Crippen LogP contribution in [-0.4, -0.2) is 416 Å². The van der Waals surface area contributed by atoms with E-state index in [1.165, 1.54) is 0 Å². The van der Waals surface area contributed by atoms with Crippen molar-refractivity contribution >= 4 is 11.8 Å². The molecule has 118 heavy (non-hydrogen) atoms. The molecule has 0 aromatic heterocycles. The minimum Gasteiger partial charge on any atom is -0.376 e. The fraction of sp³-hybridized carbons (Fsp3) is 0.976. The third kappa shape index (κ3) is 64.4. The zero-order valence-corrected chi connectivity index (χ0v) is 74.8. The Morgan fingerprint density at radius 1 is 0.203 bits per heavy atom. The van der Waals surface area contributed by atoms with Crippen LogP contribution in [0.4, 0.5) is 0 Å². The summed E-state index contributed by atoms with van der Waals surface area (Å²) >= 11 is 0. The van der Waals surface area contributed by atoms with Gasteiger partial charge in [-0.25, -0.2) is 0 Å². The summed E-state index contributed by atoms with van der Waals surface area (Å²) in [6.45, 7) is 28.1. The van der Waals surface area contributed by atoms with Gasteiger partial charge in [0.25, 0.3) is 11.8 Å². The molecule has 0 fully saturated rings. The SMILES string of the molecule is NCCCN(CCCN)CCCOCC(COCCCN(CCCN)CCCN)(NC(=O)C(OCCCN(CCCN)CCCN)C(OCCCN(CCCN)CCCN)C(=O)NC(COCCCN(CCCN)CCCN)(COCCCN(CCCN)CCCN)OCCCN(CCCN)CCCN)OCCCN(CCCN)CCCN. The van der Waals surface area contributed by atoms with Crippen molar-refractivity contribution < 1.29 is 47.5 Å². The van der Waals surface area contributed by atoms with Gasteiger partial charge >= 0.3 is 0 Å². The lowest BCUT2D eigenvalue weighted by Crippen LogP contribution is -2.65. The van der Waals surface area contributed by atoms with Gasteiger partial charge in [0.05, 0.1) is 39.6 Å². The van der Waals surface area contributed by atoms with E-state index in [1.807, 2.05) is 0 Å². The highest BCUT2D eigenvalue weighted by atomic mass is 16.6. The number of hydrogen-bond donors (Lipinski definition) is 18. The number of carbonyl (C=O) groups excluding carboxylic acids is 2. The normalized spacial score (nSPS) is 13.0. The number of carbonyl (C=O) groups is 2. The molecule has 2 unspecified atom stereocenters. The van der Waals surface area contributed by atoms with E-state index in [4.69, 9.17) is 130 Å². The van der Waals surface area contributed by atoms with Crippen molar-refractivity contribution in [3.63, 3.8) is 0 Å². The average Bonchev–Trinajstić information content (AvgIpc) is 0.813. The number of ether oxygens (including phenoxy) is 8. The molecule has 0 saturated carbocycles. The van der Waals surface area contributed by atoms with E-state index in [-0.39, 0.29) is 52.9 Å². The first-order chi connectivity index (χ1) is 57.7. The smallest absolute Gasteiger partial charge is 0.254 e. The van der Waals surface area contributed by atoms with Crippen molar-refractivity contribution in [2.75, 3.05) is 341 Å². The molecule has 2 atom stereocenters. The molecule has 0 saturated heterocycles. The topological polar surface area (TPSA) is 574 Å². The van der Waals surface area contributed by atoms with E-state index in [0.29, 0.717) is 209 Å². The molecule has 706 valence electrons. The van der Waals surface area contributed by atoms with Crippen molar-refractivity contribution in [1.29, 1.82) is 0 Å². The van der Waals surface area contributed by atoms with E-state index in [0.717, 1.165) is 234 Å². The number of rotatable bonds is 97. The monoisotopic (exact) mass is 1700 g/mol. The zero-order valence-electron chi connectivity index (χ0n) is 74.8. The van der Waals surface area contributed by atoms with Crippen molar-refractivity contribution in [1.82, 2.24) is 49.8 Å². The molecule has 34 N–H and O–H groups in total. The highest BCUT2D eigenvalue weighted by Gasteiger charge is 2.45. The molecule has 0 spiro atoms. The van der Waals surface area contributed by atoms with Gasteiger partial charge in [0.1, 0.15) is 0 Å². The fourth-order valence-electron chi connectivity index (χ4n) is 14.0. The Morgan fingerprint density at radius 2 is 0.339 bits per heavy atom. The first-order valence-corrected chi connectivity index (χ1v) is 46.2. The Bertz CT molecular complexity index is 1860. The summed E-state index contributed by atoms with van der Waals surface area (Å²) in [7, 11) is 0. The molecule has 0 aromatic carbocycles. The van der Waals surface area contributed by atoms with Crippen LogP contribution in [0, 0.1) is 0 Å². The van der Waals surface area contributed by atoms with Crippen molar-refractivity contribution in [3.05, 3.63) is 0 Å². The standard InChI is InChI=1S/C82H188N26O10/c83-25-1-41-101(42-2-26-84)57-17-65-111-73-81(117-71-23-63-107(53-13-37-95)54-14-38-96,74-112-66-18-58-102(43-3-27-85)44-4-28-86)99-79(109)77(115-69-21-61-105(49-9-33-91)50-10-34-92)78(116-70-22-62-106(51-11-35-93)52-12-36-94)80(110)100-82(118-72-24-64-108(55-15-39-97)56-16-40-98,75-113-67-19-59-103(45-5-29-87)46-6-30-88)76-114-68-20-60-104(47-7-31-89)48-8-32-90/h77-78H,1-76,83-98H2,(H,99,109)(H,100,110). The molecular weight excluding hydrogens is 1510 g/mol. The Morgan fingerprint density at radius 3 is 0.492 bits per heavy atom. The highest BCUT2D eigenvalue weighted by Crippen LogP contribution is 2.21. The van der Waals surface area contributed by atoms with E-state index in [2.05, 4.69) is 49.8 Å². The lowest BCUT2D eigenvalue weighted by Gasteiger charge is -2.38. The minimum atomic E-state index is -1.66. The molecule has 0 aromatic rings. The van der Waals surface area contributed by atoms with Crippen molar-refractivity contribution in [2.24, 2.45) is 91.7 Å². The third-order valence-corrected chi connectivity index (χ3v) is 20.6. The molecule has 0 heterocycles. The largest absolute Gasteiger partial charge is 0.376 e. The quantitative estimate of drug-likeness (QED) is 0.0208. The third-order valence-electron chi connectivity index (χ3n) is 20.6. The summed E-state index contributed by atoms with van der Waals surface area (Å²) in [5.74, 6) is -1.37. The number of hydrogen-bond acceptors (Lipinski definition) is 34. The molecule has 0 rings (SSSR count). The second-order valence-electron chi connectivity index (χ2n) is 31.3. The first kappa shape index (κ1) is 116. The Labute approximate surface area is 716 Å². The van der Waals surface area contributed by atoms with Gasteiger partial charge in [-0.05, 0) is 364 Å². The van der Waals surface area contributed by atoms with E-state index < -0.39 is 35.5 Å². The number of amides is 2. The summed E-state index contributed by atoms with van der Waals surface area (Å²) in [4.78, 5) is 52.2. The number of nitrogens with two attached hydrogens (primary N) is 16. The lowest BCUT2D eigenvalue weighted by molar-refractivity contribution is -0.186. The molecular formula is C82H188N26O10. The highest BCUT2D eigenvalue weighted by molar-refractivity contribution is 5.91. The average molecular weight is 1700 g/mol. The Balaban J connectivity index is 9.24. The van der Waals surface area contributed by atoms with Crippen LogP contribution in [-0.2, 0) is 47.5 Å². The van der Waals surface area contributed by atoms with Crippen LogP contribution < -0.4 is 102 Å². The minimum absolute atomic E-state index is 0.0384. The van der Waals surface area contributed by atoms with Crippen LogP contribution in [0.5, 0.6) is 0 Å². The van der Waals surface area contributed by atoms with Crippen LogP contribution in [0.1, 0.15) is 154 Å². The maximum Gasteiger partial charge on any atom is 0.254 e. The van der Waals surface area contributed by atoms with Gasteiger partial charge in [-0.15, -0.1) is 0 Å². The summed E-state index contributed by atoms with van der Waals surface area (Å²) < 4.78 is 55.7. The summed E-state index contributed by atoms with van der Waals surface area (Å²) in [6, 6.07) is 0. The second kappa shape index (κ2) is 85.5. The summed E-state index contributed by atoms with van der Waals surface area (Å²) in [5.41, 5.74) is 93.7. The summed E-state index contributed by atoms with van der Waals surface area (Å²) in [6.07, 6.45) is 14.5. The Kier molecular flexibility index (Phi) is 83.8. The van der Waals surface area contributed by atoms with Crippen LogP contribution in [0.3, 0.4) is 0 Å². The van der Waals surface area contributed by atoms with Crippen LogP contribution in [0.15, 0.2) is 0 Å². The number of nitrogens with one attached hydrogen (secondary N) is 2. The van der Waals surface area contributed by atoms with Crippen LogP contribution in [0.25, 0.3) is 0 Å². The predicted octanol–water partition coefficient (Wildman–Crippen LogP) is -3.40. The maximum atomic E-state index is 16.7. The number of nitrogens with zero attached hydrogens (tertiary/aromatic N) is 8. The van der Waals surface area contributed by atoms with Gasteiger partial charge in [-0.3, -0.25) is 9.59 Å². The molecule has 0 bridgehead atoms. The van der Waals surface area contributed by atoms with Gasteiger partial charge in [-0.1, -0.05) is 0 Å². The fourth-order valence-corrected chi connectivity index (χ4v) is 14.0. The molecule has 0 aliphatic heterocycles. The van der Waals surface area contributed by atoms with Gasteiger partial charge in [0.2, 0.25) is 0 Å². The zero-order chi connectivity index (χ0) is 86.7. The molecule has 36 heteroatoms. The molecule has 0 aliphatic rings. The van der Waals surface area contributed by atoms with Crippen molar-refractivity contribution in [2.45, 2.75) is 178 Å². The second-order valence-corrected chi connectivity index (χ2v) is 31.3. The Hall–Kier alpha value is -2.34. The van der Waals surface area contributed by atoms with E-state index in [9.17, 15) is 0 Å². The van der Waals surface area contributed by atoms with Crippen molar-refractivity contribution in [3.8, 4) is 0 Å². The lowest BCUT2D eigenvalue weighted by atomic mass is 10.1. The first-order valence-electron chi connectivity index (χ1n) is 46.2. The van der Waals surface area contributed by atoms with Gasteiger partial charge in [-0.2, -0.15) is 0 Å². The molecule has 0 radical (unpaired) electrons. The maximum absolute atomic E-state index is 16.7. The molecule has 2 amide bonds. The van der Waals surface area contributed by atoms with Gasteiger partial charge < -0.3 is 179 Å². The van der Waals surface area contributed by atoms with Crippen LogP contribution >= 0.6 is 0 Å². The predicted molar refractivity (Wildman–Crippen MR) is 484 cm³/mol. The molecule has 36 nitrogen and oxygen atoms in total. The van der Waals surface area contributed by atoms with Gasteiger partial charge in [0.15, 0.2) is 23.7 Å². The van der Waals surface area contributed by atoms with E-state index >= 15 is 9.59 Å².